The van der Waals surface area contributed by atoms with E-state index in [1.165, 1.54) is 24.3 Å². The number of amides is 2. The van der Waals surface area contributed by atoms with E-state index >= 15 is 0 Å². The van der Waals surface area contributed by atoms with Crippen molar-refractivity contribution in [1.29, 1.82) is 0 Å². The summed E-state index contributed by atoms with van der Waals surface area (Å²) in [6, 6.07) is 12.0. The van der Waals surface area contributed by atoms with Gasteiger partial charge in [0.2, 0.25) is 11.8 Å². The average Bonchev–Trinajstić information content (AvgIpc) is 3.67. The van der Waals surface area contributed by atoms with E-state index < -0.39 is 24.0 Å². The van der Waals surface area contributed by atoms with Crippen molar-refractivity contribution in [2.45, 2.75) is 63.1 Å². The Morgan fingerprint density at radius 2 is 1.64 bits per heavy atom. The van der Waals surface area contributed by atoms with Gasteiger partial charge in [-0.05, 0) is 54.2 Å². The second-order valence-electron chi connectivity index (χ2n) is 9.81. The molecule has 10 heteroatoms. The van der Waals surface area contributed by atoms with E-state index in [9.17, 15) is 22.8 Å². The Kier molecular flexibility index (Phi) is 7.17. The van der Waals surface area contributed by atoms with Crippen molar-refractivity contribution in [2.75, 3.05) is 7.11 Å². The minimum Gasteiger partial charge on any atom is -0.497 e. The number of carbonyl (C=O) groups excluding carboxylic acids is 2. The highest BCUT2D eigenvalue weighted by Crippen LogP contribution is 2.41. The van der Waals surface area contributed by atoms with Crippen LogP contribution in [-0.4, -0.2) is 37.5 Å². The maximum atomic E-state index is 13.3. The molecule has 2 amide bonds. The molecule has 1 aliphatic carbocycles. The molecule has 2 aromatic rings. The summed E-state index contributed by atoms with van der Waals surface area (Å²) in [6.45, 7) is 3.95. The van der Waals surface area contributed by atoms with Gasteiger partial charge in [0.1, 0.15) is 11.5 Å². The summed E-state index contributed by atoms with van der Waals surface area (Å²) in [5, 5.41) is 9.25. The monoisotopic (exact) mass is 505 g/mol. The van der Waals surface area contributed by atoms with Crippen molar-refractivity contribution in [1.82, 2.24) is 16.0 Å². The lowest BCUT2D eigenvalue weighted by Crippen LogP contribution is -2.66. The van der Waals surface area contributed by atoms with Crippen LogP contribution in [0.5, 0.6) is 11.5 Å². The fourth-order valence-corrected chi connectivity index (χ4v) is 4.49. The molecule has 1 aliphatic heterocycles. The van der Waals surface area contributed by atoms with E-state index in [-0.39, 0.29) is 35.9 Å². The Balaban J connectivity index is 1.46. The zero-order chi connectivity index (χ0) is 26.1. The van der Waals surface area contributed by atoms with Crippen molar-refractivity contribution < 1.29 is 32.2 Å². The molecule has 1 heterocycles. The number of alkyl halides is 3. The van der Waals surface area contributed by atoms with Gasteiger partial charge in [-0.15, -0.1) is 13.2 Å². The highest BCUT2D eigenvalue weighted by atomic mass is 19.4. The molecule has 4 rings (SSSR count). The zero-order valence-corrected chi connectivity index (χ0v) is 20.3. The third-order valence-electron chi connectivity index (χ3n) is 6.80. The molecule has 194 valence electrons. The first-order valence-corrected chi connectivity index (χ1v) is 11.8. The predicted octanol–water partition coefficient (Wildman–Crippen LogP) is 3.94. The average molecular weight is 506 g/mol. The fourth-order valence-electron chi connectivity index (χ4n) is 4.49. The van der Waals surface area contributed by atoms with Gasteiger partial charge < -0.3 is 20.1 Å². The third kappa shape index (κ3) is 6.10. The second kappa shape index (κ2) is 10.0. The van der Waals surface area contributed by atoms with Gasteiger partial charge >= 0.3 is 6.36 Å². The van der Waals surface area contributed by atoms with Crippen LogP contribution in [0, 0.1) is 5.92 Å². The number of methoxy groups -OCH3 is 1. The third-order valence-corrected chi connectivity index (χ3v) is 6.80. The van der Waals surface area contributed by atoms with E-state index in [1.54, 1.807) is 7.11 Å². The van der Waals surface area contributed by atoms with Crippen molar-refractivity contribution in [2.24, 2.45) is 5.92 Å². The number of rotatable bonds is 8. The van der Waals surface area contributed by atoms with Crippen LogP contribution in [0.15, 0.2) is 48.5 Å². The lowest BCUT2D eigenvalue weighted by molar-refractivity contribution is -0.274. The van der Waals surface area contributed by atoms with E-state index in [0.717, 1.165) is 24.2 Å². The molecule has 0 bridgehead atoms. The molecule has 0 spiro atoms. The molecule has 2 unspecified atom stereocenters. The fraction of sp³-hybridized carbons (Fsp3) is 0.462. The number of nitrogens with one attached hydrogen (secondary N) is 3. The van der Waals surface area contributed by atoms with Gasteiger partial charge in [-0.1, -0.05) is 38.1 Å². The molecular weight excluding hydrogens is 475 g/mol. The van der Waals surface area contributed by atoms with E-state index in [4.69, 9.17) is 4.74 Å². The molecule has 1 saturated carbocycles. The molecule has 3 atom stereocenters. The Morgan fingerprint density at radius 3 is 2.19 bits per heavy atom. The molecule has 36 heavy (non-hydrogen) atoms. The first-order chi connectivity index (χ1) is 17.0. The maximum absolute atomic E-state index is 13.3. The van der Waals surface area contributed by atoms with Crippen LogP contribution in [0.25, 0.3) is 0 Å². The molecule has 2 aliphatic rings. The minimum atomic E-state index is -4.77. The Bertz CT molecular complexity index is 1080. The lowest BCUT2D eigenvalue weighted by Gasteiger charge is -2.41. The first-order valence-electron chi connectivity index (χ1n) is 11.8. The number of hydrogen-bond acceptors (Lipinski definition) is 5. The van der Waals surface area contributed by atoms with Crippen molar-refractivity contribution >= 4 is 11.8 Å². The summed E-state index contributed by atoms with van der Waals surface area (Å²) >= 11 is 0. The maximum Gasteiger partial charge on any atom is 0.573 e. The number of benzene rings is 2. The quantitative estimate of drug-likeness (QED) is 0.506. The van der Waals surface area contributed by atoms with Crippen LogP contribution in [-0.2, 0) is 15.0 Å². The van der Waals surface area contributed by atoms with E-state index in [0.29, 0.717) is 5.56 Å². The molecular formula is C26H30F3N3O4. The predicted molar refractivity (Wildman–Crippen MR) is 126 cm³/mol. The van der Waals surface area contributed by atoms with Crippen LogP contribution in [0.2, 0.25) is 0 Å². The van der Waals surface area contributed by atoms with Gasteiger partial charge in [0.05, 0.1) is 31.8 Å². The minimum absolute atomic E-state index is 0.0171. The van der Waals surface area contributed by atoms with Crippen LogP contribution in [0.3, 0.4) is 0 Å². The van der Waals surface area contributed by atoms with Gasteiger partial charge in [-0.2, -0.15) is 0 Å². The van der Waals surface area contributed by atoms with Crippen LogP contribution in [0.4, 0.5) is 13.2 Å². The van der Waals surface area contributed by atoms with E-state index in [2.05, 4.69) is 20.7 Å². The summed E-state index contributed by atoms with van der Waals surface area (Å²) < 4.78 is 46.6. The summed E-state index contributed by atoms with van der Waals surface area (Å²) in [6.07, 6.45) is -3.48. The van der Waals surface area contributed by atoms with Gasteiger partial charge in [0.25, 0.3) is 0 Å². The van der Waals surface area contributed by atoms with Gasteiger partial charge in [-0.3, -0.25) is 14.9 Å². The highest BCUT2D eigenvalue weighted by molar-refractivity contribution is 5.90. The Hall–Kier alpha value is -3.27. The molecule has 0 aromatic heterocycles. The topological polar surface area (TPSA) is 88.7 Å². The summed E-state index contributed by atoms with van der Waals surface area (Å²) in [7, 11) is 1.59. The Labute approximate surface area is 207 Å². The number of hydrogen-bond donors (Lipinski definition) is 3. The van der Waals surface area contributed by atoms with Gasteiger partial charge in [0.15, 0.2) is 0 Å². The summed E-state index contributed by atoms with van der Waals surface area (Å²) in [5.41, 5.74) is 1.11. The standard InChI is InChI=1S/C26H30F3N3O4/c1-25(2,17-8-12-18(35-3)13-9-17)24-30-20(14-21(33)31-24)23(34)32-22(15-4-5-15)16-6-10-19(11-7-16)36-26(27,28)29/h6-13,15,20,22,24,30H,4-5,14H2,1-3H3,(H,31,33)(H,32,34)/t20?,22-,24?/m1/s1. The molecule has 2 fully saturated rings. The molecule has 1 saturated heterocycles. The van der Waals surface area contributed by atoms with Crippen molar-refractivity contribution in [3.63, 3.8) is 0 Å². The number of ether oxygens (including phenoxy) is 2. The van der Waals surface area contributed by atoms with Crippen LogP contribution >= 0.6 is 0 Å². The zero-order valence-electron chi connectivity index (χ0n) is 20.3. The number of halogens is 3. The smallest absolute Gasteiger partial charge is 0.497 e. The lowest BCUT2D eigenvalue weighted by atomic mass is 9.80. The molecule has 3 N–H and O–H groups in total. The first kappa shape index (κ1) is 25.8. The highest BCUT2D eigenvalue weighted by Gasteiger charge is 2.41. The Morgan fingerprint density at radius 1 is 1.03 bits per heavy atom. The van der Waals surface area contributed by atoms with Crippen LogP contribution < -0.4 is 25.4 Å². The van der Waals surface area contributed by atoms with Gasteiger partial charge in [0, 0.05) is 5.41 Å². The molecule has 0 radical (unpaired) electrons. The SMILES string of the molecule is COc1ccc(C(C)(C)C2NC(=O)CC(C(=O)N[C@@H](c3ccc(OC(F)(F)F)cc3)C3CC3)N2)cc1. The van der Waals surface area contributed by atoms with Crippen molar-refractivity contribution in [3.05, 3.63) is 59.7 Å². The normalized spacial score (nSPS) is 21.3. The van der Waals surface area contributed by atoms with E-state index in [1.807, 2.05) is 38.1 Å². The van der Waals surface area contributed by atoms with Crippen LogP contribution in [0.1, 0.15) is 50.3 Å². The molecule has 2 aromatic carbocycles. The largest absolute Gasteiger partial charge is 0.573 e. The summed E-state index contributed by atoms with van der Waals surface area (Å²) in [4.78, 5) is 25.8. The second-order valence-corrected chi connectivity index (χ2v) is 9.81. The molecule has 7 nitrogen and oxygen atoms in total. The van der Waals surface area contributed by atoms with Crippen molar-refractivity contribution in [3.8, 4) is 11.5 Å². The summed E-state index contributed by atoms with van der Waals surface area (Å²) in [5.74, 6) is 0.0233. The number of carbonyl (C=O) groups is 2. The van der Waals surface area contributed by atoms with Gasteiger partial charge in [-0.25, -0.2) is 0 Å².